The lowest BCUT2D eigenvalue weighted by molar-refractivity contribution is -0.0252. The van der Waals surface area contributed by atoms with Crippen LogP contribution in [0.15, 0.2) is 42.6 Å². The van der Waals surface area contributed by atoms with Gasteiger partial charge in [-0.3, -0.25) is 4.79 Å². The molecule has 0 radical (unpaired) electrons. The maximum Gasteiger partial charge on any atom is 0.271 e. The van der Waals surface area contributed by atoms with Crippen LogP contribution in [-0.4, -0.2) is 45.7 Å². The highest BCUT2D eigenvalue weighted by molar-refractivity contribution is 5.92. The SMILES string of the molecule is CC1OCCC1(O)CNC(=O)c1ccn(-c2ccccc2)n1. The van der Waals surface area contributed by atoms with Crippen molar-refractivity contribution in [3.8, 4) is 5.69 Å². The van der Waals surface area contributed by atoms with E-state index in [-0.39, 0.29) is 18.6 Å². The summed E-state index contributed by atoms with van der Waals surface area (Å²) in [5.41, 5.74) is 0.203. The number of aromatic nitrogens is 2. The minimum Gasteiger partial charge on any atom is -0.385 e. The highest BCUT2D eigenvalue weighted by Crippen LogP contribution is 2.24. The molecule has 0 spiro atoms. The van der Waals surface area contributed by atoms with E-state index in [4.69, 9.17) is 4.74 Å². The second kappa shape index (κ2) is 5.90. The quantitative estimate of drug-likeness (QED) is 0.888. The van der Waals surface area contributed by atoms with Gasteiger partial charge < -0.3 is 15.2 Å². The summed E-state index contributed by atoms with van der Waals surface area (Å²) < 4.78 is 6.99. The number of para-hydroxylation sites is 1. The Bertz CT molecular complexity index is 656. The van der Waals surface area contributed by atoms with E-state index < -0.39 is 5.60 Å². The van der Waals surface area contributed by atoms with E-state index in [1.54, 1.807) is 16.9 Å². The molecule has 1 aliphatic rings. The van der Waals surface area contributed by atoms with E-state index >= 15 is 0 Å². The fourth-order valence-electron chi connectivity index (χ4n) is 2.50. The zero-order valence-electron chi connectivity index (χ0n) is 12.4. The summed E-state index contributed by atoms with van der Waals surface area (Å²) in [6.07, 6.45) is 1.97. The third-order valence-corrected chi connectivity index (χ3v) is 4.06. The number of carbonyl (C=O) groups excluding carboxylic acids is 1. The number of nitrogens with one attached hydrogen (secondary N) is 1. The van der Waals surface area contributed by atoms with Gasteiger partial charge in [0.2, 0.25) is 0 Å². The lowest BCUT2D eigenvalue weighted by atomic mass is 9.97. The fourth-order valence-corrected chi connectivity index (χ4v) is 2.50. The predicted molar refractivity (Wildman–Crippen MR) is 80.9 cm³/mol. The molecule has 0 bridgehead atoms. The Morgan fingerprint density at radius 2 is 2.23 bits per heavy atom. The molecule has 6 nitrogen and oxygen atoms in total. The molecule has 1 aliphatic heterocycles. The molecule has 2 atom stereocenters. The molecular weight excluding hydrogens is 282 g/mol. The molecule has 2 N–H and O–H groups in total. The third-order valence-electron chi connectivity index (χ3n) is 4.06. The van der Waals surface area contributed by atoms with Gasteiger partial charge in [-0.15, -0.1) is 0 Å². The first-order valence-corrected chi connectivity index (χ1v) is 7.32. The van der Waals surface area contributed by atoms with Crippen molar-refractivity contribution in [3.05, 3.63) is 48.3 Å². The maximum atomic E-state index is 12.2. The van der Waals surface area contributed by atoms with Crippen molar-refractivity contribution in [1.29, 1.82) is 0 Å². The Morgan fingerprint density at radius 1 is 1.45 bits per heavy atom. The number of carbonyl (C=O) groups is 1. The first kappa shape index (κ1) is 14.7. The monoisotopic (exact) mass is 301 g/mol. The van der Waals surface area contributed by atoms with Gasteiger partial charge in [0.1, 0.15) is 5.60 Å². The summed E-state index contributed by atoms with van der Waals surface area (Å²) in [5.74, 6) is -0.304. The van der Waals surface area contributed by atoms with Crippen molar-refractivity contribution in [2.24, 2.45) is 0 Å². The molecule has 0 aliphatic carbocycles. The van der Waals surface area contributed by atoms with E-state index in [1.165, 1.54) is 0 Å². The summed E-state index contributed by atoms with van der Waals surface area (Å²) in [5, 5.41) is 17.4. The van der Waals surface area contributed by atoms with Crippen molar-refractivity contribution < 1.29 is 14.6 Å². The first-order chi connectivity index (χ1) is 10.6. The zero-order chi connectivity index (χ0) is 15.6. The van der Waals surface area contributed by atoms with E-state index in [0.717, 1.165) is 5.69 Å². The highest BCUT2D eigenvalue weighted by atomic mass is 16.5. The summed E-state index contributed by atoms with van der Waals surface area (Å²) in [6, 6.07) is 11.2. The molecule has 1 fully saturated rings. The van der Waals surface area contributed by atoms with E-state index in [1.807, 2.05) is 37.3 Å². The molecule has 1 aromatic heterocycles. The average molecular weight is 301 g/mol. The predicted octanol–water partition coefficient (Wildman–Crippen LogP) is 1.14. The van der Waals surface area contributed by atoms with Crippen LogP contribution < -0.4 is 5.32 Å². The maximum absolute atomic E-state index is 12.2. The Labute approximate surface area is 128 Å². The molecule has 22 heavy (non-hydrogen) atoms. The fraction of sp³-hybridized carbons (Fsp3) is 0.375. The Kier molecular flexibility index (Phi) is 3.96. The summed E-state index contributed by atoms with van der Waals surface area (Å²) in [7, 11) is 0. The molecular formula is C16H19N3O3. The van der Waals surface area contributed by atoms with Gasteiger partial charge in [-0.1, -0.05) is 18.2 Å². The average Bonchev–Trinajstić information content (AvgIpc) is 3.14. The number of ether oxygens (including phenoxy) is 1. The number of nitrogens with zero attached hydrogens (tertiary/aromatic N) is 2. The van der Waals surface area contributed by atoms with E-state index in [9.17, 15) is 9.90 Å². The van der Waals surface area contributed by atoms with Gasteiger partial charge in [0.25, 0.3) is 5.91 Å². The van der Waals surface area contributed by atoms with Gasteiger partial charge in [0.15, 0.2) is 5.69 Å². The summed E-state index contributed by atoms with van der Waals surface area (Å²) in [6.45, 7) is 2.48. The normalized spacial score (nSPS) is 24.4. The van der Waals surface area contributed by atoms with Crippen LogP contribution in [-0.2, 0) is 4.74 Å². The smallest absolute Gasteiger partial charge is 0.271 e. The third kappa shape index (κ3) is 2.88. The van der Waals surface area contributed by atoms with Crippen molar-refractivity contribution >= 4 is 5.91 Å². The van der Waals surface area contributed by atoms with Crippen LogP contribution in [0.2, 0.25) is 0 Å². The van der Waals surface area contributed by atoms with Crippen LogP contribution in [0.1, 0.15) is 23.8 Å². The molecule has 1 aromatic carbocycles. The number of hydrogen-bond donors (Lipinski definition) is 2. The number of aliphatic hydroxyl groups is 1. The molecule has 6 heteroatoms. The number of amides is 1. The largest absolute Gasteiger partial charge is 0.385 e. The number of benzene rings is 1. The van der Waals surface area contributed by atoms with Crippen LogP contribution in [0.4, 0.5) is 0 Å². The van der Waals surface area contributed by atoms with Crippen molar-refractivity contribution in [2.45, 2.75) is 25.0 Å². The number of rotatable bonds is 4. The second-order valence-corrected chi connectivity index (χ2v) is 5.53. The highest BCUT2D eigenvalue weighted by Gasteiger charge is 2.39. The van der Waals surface area contributed by atoms with Crippen molar-refractivity contribution in [3.63, 3.8) is 0 Å². The van der Waals surface area contributed by atoms with Gasteiger partial charge in [-0.05, 0) is 25.1 Å². The van der Waals surface area contributed by atoms with Gasteiger partial charge >= 0.3 is 0 Å². The standard InChI is InChI=1S/C16H19N3O3/c1-12-16(21,8-10-22-12)11-17-15(20)14-7-9-19(18-14)13-5-3-2-4-6-13/h2-7,9,12,21H,8,10-11H2,1H3,(H,17,20). The molecule has 3 rings (SSSR count). The Balaban J connectivity index is 1.65. The molecule has 2 unspecified atom stereocenters. The zero-order valence-corrected chi connectivity index (χ0v) is 12.4. The number of hydrogen-bond acceptors (Lipinski definition) is 4. The summed E-state index contributed by atoms with van der Waals surface area (Å²) >= 11 is 0. The lowest BCUT2D eigenvalue weighted by Crippen LogP contribution is -2.47. The van der Waals surface area contributed by atoms with Gasteiger partial charge in [-0.25, -0.2) is 4.68 Å². The van der Waals surface area contributed by atoms with Gasteiger partial charge in [0, 0.05) is 25.8 Å². The minimum atomic E-state index is -1.00. The van der Waals surface area contributed by atoms with Crippen LogP contribution >= 0.6 is 0 Å². The lowest BCUT2D eigenvalue weighted by Gasteiger charge is -2.25. The van der Waals surface area contributed by atoms with Crippen LogP contribution in [0, 0.1) is 0 Å². The first-order valence-electron chi connectivity index (χ1n) is 7.32. The summed E-state index contributed by atoms with van der Waals surface area (Å²) in [4.78, 5) is 12.2. The molecule has 2 aromatic rings. The van der Waals surface area contributed by atoms with Crippen LogP contribution in [0.25, 0.3) is 5.69 Å². The van der Waals surface area contributed by atoms with Crippen molar-refractivity contribution in [1.82, 2.24) is 15.1 Å². The van der Waals surface area contributed by atoms with Gasteiger partial charge in [0.05, 0.1) is 11.8 Å². The van der Waals surface area contributed by atoms with Crippen LogP contribution in [0.5, 0.6) is 0 Å². The molecule has 1 amide bonds. The van der Waals surface area contributed by atoms with E-state index in [2.05, 4.69) is 10.4 Å². The molecule has 2 heterocycles. The van der Waals surface area contributed by atoms with Crippen LogP contribution in [0.3, 0.4) is 0 Å². The topological polar surface area (TPSA) is 76.4 Å². The Hall–Kier alpha value is -2.18. The minimum absolute atomic E-state index is 0.158. The molecule has 116 valence electrons. The second-order valence-electron chi connectivity index (χ2n) is 5.53. The molecule has 1 saturated heterocycles. The van der Waals surface area contributed by atoms with E-state index in [0.29, 0.717) is 18.7 Å². The molecule has 0 saturated carbocycles. The Morgan fingerprint density at radius 3 is 2.91 bits per heavy atom. The van der Waals surface area contributed by atoms with Crippen molar-refractivity contribution in [2.75, 3.05) is 13.2 Å². The van der Waals surface area contributed by atoms with Gasteiger partial charge in [-0.2, -0.15) is 5.10 Å².